The van der Waals surface area contributed by atoms with Gasteiger partial charge in [0.05, 0.1) is 11.8 Å². The van der Waals surface area contributed by atoms with E-state index in [1.54, 1.807) is 24.3 Å². The quantitative estimate of drug-likeness (QED) is 0.914. The zero-order valence-corrected chi connectivity index (χ0v) is 12.9. The Bertz CT molecular complexity index is 782. The smallest absolute Gasteiger partial charge is 0.234 e. The molecule has 0 unspecified atom stereocenters. The van der Waals surface area contributed by atoms with Gasteiger partial charge in [-0.2, -0.15) is 0 Å². The van der Waals surface area contributed by atoms with Crippen LogP contribution in [0.4, 0.5) is 15.8 Å². The molecule has 0 bridgehead atoms. The van der Waals surface area contributed by atoms with Crippen LogP contribution in [0.15, 0.2) is 42.5 Å². The van der Waals surface area contributed by atoms with Crippen LogP contribution in [0, 0.1) is 5.82 Å². The zero-order chi connectivity index (χ0) is 16.6. The highest BCUT2D eigenvalue weighted by Crippen LogP contribution is 2.38. The molecule has 1 aliphatic heterocycles. The summed E-state index contributed by atoms with van der Waals surface area (Å²) in [4.78, 5) is 24.0. The summed E-state index contributed by atoms with van der Waals surface area (Å²) in [6.07, 6.45) is 0.165. The average Bonchev–Trinajstić information content (AvgIpc) is 2.72. The van der Waals surface area contributed by atoms with E-state index in [2.05, 4.69) is 10.6 Å². The van der Waals surface area contributed by atoms with E-state index in [0.717, 1.165) is 16.8 Å². The van der Waals surface area contributed by atoms with Crippen LogP contribution in [0.25, 0.3) is 0 Å². The van der Waals surface area contributed by atoms with Crippen molar-refractivity contribution in [1.82, 2.24) is 0 Å². The minimum atomic E-state index is -0.618. The number of rotatable bonds is 3. The number of nitrogens with one attached hydrogen (secondary N) is 2. The number of fused-ring (bicyclic) bond motifs is 1. The summed E-state index contributed by atoms with van der Waals surface area (Å²) >= 11 is 0. The molecule has 0 saturated heterocycles. The van der Waals surface area contributed by atoms with Crippen molar-refractivity contribution in [2.45, 2.75) is 25.7 Å². The van der Waals surface area contributed by atoms with Gasteiger partial charge in [0.1, 0.15) is 5.82 Å². The molecule has 118 valence electrons. The van der Waals surface area contributed by atoms with Crippen LogP contribution in [-0.2, 0) is 21.4 Å². The molecule has 2 aromatic carbocycles. The topological polar surface area (TPSA) is 58.2 Å². The van der Waals surface area contributed by atoms with Crippen molar-refractivity contribution in [3.63, 3.8) is 0 Å². The van der Waals surface area contributed by atoms with Crippen LogP contribution in [0.2, 0.25) is 0 Å². The molecule has 4 nitrogen and oxygen atoms in total. The number of carbonyl (C=O) groups is 2. The lowest BCUT2D eigenvalue weighted by Gasteiger charge is -2.16. The van der Waals surface area contributed by atoms with E-state index in [-0.39, 0.29) is 24.1 Å². The van der Waals surface area contributed by atoms with Crippen LogP contribution in [0.1, 0.15) is 25.0 Å². The Labute approximate surface area is 133 Å². The molecule has 0 spiro atoms. The van der Waals surface area contributed by atoms with E-state index in [1.165, 1.54) is 12.1 Å². The lowest BCUT2D eigenvalue weighted by atomic mass is 9.86. The van der Waals surface area contributed by atoms with Gasteiger partial charge in [-0.05, 0) is 55.3 Å². The second kappa shape index (κ2) is 5.50. The first-order chi connectivity index (χ1) is 10.9. The maximum absolute atomic E-state index is 12.9. The molecule has 0 radical (unpaired) electrons. The highest BCUT2D eigenvalue weighted by Gasteiger charge is 2.38. The molecule has 3 rings (SSSR count). The molecule has 0 fully saturated rings. The minimum Gasteiger partial charge on any atom is -0.326 e. The summed E-state index contributed by atoms with van der Waals surface area (Å²) < 4.78 is 12.9. The second-order valence-corrected chi connectivity index (χ2v) is 6.19. The Balaban J connectivity index is 1.74. The number of benzene rings is 2. The first kappa shape index (κ1) is 15.2. The van der Waals surface area contributed by atoms with E-state index in [1.807, 2.05) is 19.9 Å². The third-order valence-electron chi connectivity index (χ3n) is 4.07. The van der Waals surface area contributed by atoms with Crippen LogP contribution in [-0.4, -0.2) is 11.8 Å². The van der Waals surface area contributed by atoms with Gasteiger partial charge in [0.15, 0.2) is 0 Å². The molecular weight excluding hydrogens is 295 g/mol. The van der Waals surface area contributed by atoms with Gasteiger partial charge in [-0.25, -0.2) is 4.39 Å². The van der Waals surface area contributed by atoms with Crippen molar-refractivity contribution in [3.8, 4) is 0 Å². The fraction of sp³-hybridized carbons (Fsp3) is 0.222. The Morgan fingerprint density at radius 3 is 2.57 bits per heavy atom. The maximum Gasteiger partial charge on any atom is 0.234 e. The standard InChI is InChI=1S/C18H17FN2O2/c1-18(2)14-10-13(7-8-15(14)21-17(18)23)20-16(22)9-11-3-5-12(19)6-4-11/h3-8,10H,9H2,1-2H3,(H,20,22)(H,21,23). The Morgan fingerprint density at radius 2 is 1.87 bits per heavy atom. The molecule has 2 N–H and O–H groups in total. The summed E-state index contributed by atoms with van der Waals surface area (Å²) in [5.74, 6) is -0.568. The molecule has 0 saturated carbocycles. The van der Waals surface area contributed by atoms with Crippen molar-refractivity contribution in [2.75, 3.05) is 10.6 Å². The fourth-order valence-electron chi connectivity index (χ4n) is 2.64. The predicted molar refractivity (Wildman–Crippen MR) is 86.8 cm³/mol. The molecule has 23 heavy (non-hydrogen) atoms. The van der Waals surface area contributed by atoms with Crippen LogP contribution >= 0.6 is 0 Å². The number of hydrogen-bond donors (Lipinski definition) is 2. The highest BCUT2D eigenvalue weighted by atomic mass is 19.1. The van der Waals surface area contributed by atoms with Gasteiger partial charge >= 0.3 is 0 Å². The van der Waals surface area contributed by atoms with Gasteiger partial charge in [-0.1, -0.05) is 12.1 Å². The molecule has 1 heterocycles. The van der Waals surface area contributed by atoms with Gasteiger partial charge in [-0.3, -0.25) is 9.59 Å². The first-order valence-corrected chi connectivity index (χ1v) is 7.36. The molecule has 0 aromatic heterocycles. The Kier molecular flexibility index (Phi) is 3.64. The third-order valence-corrected chi connectivity index (χ3v) is 4.07. The lowest BCUT2D eigenvalue weighted by molar-refractivity contribution is -0.119. The molecule has 0 aliphatic carbocycles. The number of amides is 2. The van der Waals surface area contributed by atoms with Crippen molar-refractivity contribution in [2.24, 2.45) is 0 Å². The largest absolute Gasteiger partial charge is 0.326 e. The number of hydrogen-bond acceptors (Lipinski definition) is 2. The van der Waals surface area contributed by atoms with E-state index < -0.39 is 5.41 Å². The summed E-state index contributed by atoms with van der Waals surface area (Å²) in [7, 11) is 0. The SMILES string of the molecule is CC1(C)C(=O)Nc2ccc(NC(=O)Cc3ccc(F)cc3)cc21. The van der Waals surface area contributed by atoms with Crippen molar-refractivity contribution < 1.29 is 14.0 Å². The Hall–Kier alpha value is -2.69. The van der Waals surface area contributed by atoms with Gasteiger partial charge in [-0.15, -0.1) is 0 Å². The number of carbonyl (C=O) groups excluding carboxylic acids is 2. The number of halogens is 1. The summed E-state index contributed by atoms with van der Waals surface area (Å²) in [6, 6.07) is 11.2. The van der Waals surface area contributed by atoms with Gasteiger partial charge < -0.3 is 10.6 Å². The molecule has 2 amide bonds. The summed E-state index contributed by atoms with van der Waals surface area (Å²) in [5, 5.41) is 5.64. The average molecular weight is 312 g/mol. The summed E-state index contributed by atoms with van der Waals surface area (Å²) in [5.41, 5.74) is 2.40. The predicted octanol–water partition coefficient (Wildman–Crippen LogP) is 3.24. The molecule has 1 aliphatic rings. The molecular formula is C18H17FN2O2. The second-order valence-electron chi connectivity index (χ2n) is 6.19. The molecule has 5 heteroatoms. The van der Waals surface area contributed by atoms with Crippen LogP contribution in [0.5, 0.6) is 0 Å². The fourth-order valence-corrected chi connectivity index (χ4v) is 2.64. The van der Waals surface area contributed by atoms with Crippen LogP contribution < -0.4 is 10.6 Å². The normalized spacial score (nSPS) is 15.0. The van der Waals surface area contributed by atoms with Crippen LogP contribution in [0.3, 0.4) is 0 Å². The van der Waals surface area contributed by atoms with Gasteiger partial charge in [0, 0.05) is 11.4 Å². The lowest BCUT2D eigenvalue weighted by Crippen LogP contribution is -2.27. The minimum absolute atomic E-state index is 0.0534. The monoisotopic (exact) mass is 312 g/mol. The van der Waals surface area contributed by atoms with Gasteiger partial charge in [0.2, 0.25) is 11.8 Å². The third kappa shape index (κ3) is 2.95. The molecule has 2 aromatic rings. The highest BCUT2D eigenvalue weighted by molar-refractivity contribution is 6.06. The van der Waals surface area contributed by atoms with E-state index >= 15 is 0 Å². The molecule has 0 atom stereocenters. The summed E-state index contributed by atoms with van der Waals surface area (Å²) in [6.45, 7) is 3.69. The van der Waals surface area contributed by atoms with E-state index in [0.29, 0.717) is 5.69 Å². The Morgan fingerprint density at radius 1 is 1.17 bits per heavy atom. The van der Waals surface area contributed by atoms with Crippen molar-refractivity contribution in [3.05, 3.63) is 59.4 Å². The zero-order valence-electron chi connectivity index (χ0n) is 12.9. The van der Waals surface area contributed by atoms with Crippen molar-refractivity contribution >= 4 is 23.2 Å². The first-order valence-electron chi connectivity index (χ1n) is 7.36. The van der Waals surface area contributed by atoms with Crippen molar-refractivity contribution in [1.29, 1.82) is 0 Å². The van der Waals surface area contributed by atoms with Gasteiger partial charge in [0.25, 0.3) is 0 Å². The van der Waals surface area contributed by atoms with E-state index in [9.17, 15) is 14.0 Å². The number of anilines is 2. The maximum atomic E-state index is 12.9. The van der Waals surface area contributed by atoms with E-state index in [4.69, 9.17) is 0 Å².